The summed E-state index contributed by atoms with van der Waals surface area (Å²) in [4.78, 5) is 24.8. The smallest absolute Gasteiger partial charge is 0.305 e. The topological polar surface area (TPSA) is 61.8 Å². The molecule has 1 aliphatic rings. The predicted molar refractivity (Wildman–Crippen MR) is 189 cm³/mol. The van der Waals surface area contributed by atoms with E-state index in [0.717, 1.165) is 32.3 Å². The second kappa shape index (κ2) is 16.8. The average Bonchev–Trinajstić information content (AvgIpc) is 3.22. The van der Waals surface area contributed by atoms with Gasteiger partial charge in [-0.25, -0.2) is 0 Å². The Morgan fingerprint density at radius 2 is 1.48 bits per heavy atom. The Labute approximate surface area is 272 Å². The highest BCUT2D eigenvalue weighted by Gasteiger charge is 2.48. The summed E-state index contributed by atoms with van der Waals surface area (Å²) >= 11 is 0. The first-order valence-corrected chi connectivity index (χ1v) is 22.9. The highest BCUT2D eigenvalue weighted by atomic mass is 28.4. The first-order valence-electron chi connectivity index (χ1n) is 17.0. The van der Waals surface area contributed by atoms with Crippen LogP contribution in [0.25, 0.3) is 0 Å². The maximum atomic E-state index is 13.4. The number of rotatable bonds is 17. The lowest BCUT2D eigenvalue weighted by atomic mass is 9.84. The Bertz CT molecular complexity index is 1060. The Morgan fingerprint density at radius 1 is 0.864 bits per heavy atom. The van der Waals surface area contributed by atoms with Crippen molar-refractivity contribution in [3.63, 3.8) is 0 Å². The van der Waals surface area contributed by atoms with Gasteiger partial charge in [-0.2, -0.15) is 0 Å². The number of Topliss-reactive ketones (excluding diaryl/α,β-unsaturated/α-hetero) is 1. The molecule has 0 aliphatic heterocycles. The van der Waals surface area contributed by atoms with E-state index in [9.17, 15) is 9.59 Å². The van der Waals surface area contributed by atoms with E-state index in [-0.39, 0.29) is 34.0 Å². The number of ether oxygens (including phenoxy) is 1. The molecule has 7 heteroatoms. The van der Waals surface area contributed by atoms with Crippen LogP contribution < -0.4 is 0 Å². The predicted octanol–water partition coefficient (Wildman–Crippen LogP) is 10.2. The standard InChI is InChI=1S/C37H64O5Si2/c1-36(2,3)43(8,9)41-27-19-15-14-16-20-29-23-25-30(26-24-29)35-31(21-17-12-13-18-22-34(39)40-7)32(38)28-33(35)42-44(10,11)37(4,5)6/h12,17,23-26,31,33,35H,13-16,18-22,27-28H2,1-11H3/b17-12-/t31-,33+,35+/m0/s1. The minimum Gasteiger partial charge on any atom is -0.469 e. The van der Waals surface area contributed by atoms with Gasteiger partial charge in [-0.05, 0) is 85.9 Å². The van der Waals surface area contributed by atoms with Crippen LogP contribution in [0.1, 0.15) is 116 Å². The van der Waals surface area contributed by atoms with E-state index < -0.39 is 16.6 Å². The zero-order valence-corrected chi connectivity index (χ0v) is 32.0. The fourth-order valence-corrected chi connectivity index (χ4v) is 7.82. The van der Waals surface area contributed by atoms with Gasteiger partial charge in [0, 0.05) is 31.3 Å². The fraction of sp³-hybridized carbons (Fsp3) is 0.730. The SMILES string of the molecule is COC(=O)CCC/C=C\C[C@H]1C(=O)C[C@@H](O[Si](C)(C)C(C)(C)C)[C@@H]1c1ccc(CCCCCCO[Si](C)(C)C(C)(C)C)cc1. The summed E-state index contributed by atoms with van der Waals surface area (Å²) in [6.07, 6.45) is 13.2. The molecule has 1 saturated carbocycles. The molecule has 0 N–H and O–H groups in total. The summed E-state index contributed by atoms with van der Waals surface area (Å²) in [5, 5.41) is 0.351. The van der Waals surface area contributed by atoms with E-state index in [4.69, 9.17) is 13.6 Å². The Kier molecular flexibility index (Phi) is 14.8. The summed E-state index contributed by atoms with van der Waals surface area (Å²) in [6, 6.07) is 9.03. The van der Waals surface area contributed by atoms with E-state index in [1.54, 1.807) is 0 Å². The molecule has 1 aliphatic carbocycles. The largest absolute Gasteiger partial charge is 0.469 e. The fourth-order valence-electron chi connectivity index (χ4n) is 5.39. The van der Waals surface area contributed by atoms with Crippen LogP contribution in [0.4, 0.5) is 0 Å². The van der Waals surface area contributed by atoms with Gasteiger partial charge in [-0.1, -0.05) is 90.8 Å². The van der Waals surface area contributed by atoms with E-state index >= 15 is 0 Å². The van der Waals surface area contributed by atoms with Gasteiger partial charge in [0.1, 0.15) is 5.78 Å². The number of benzene rings is 1. The first-order chi connectivity index (χ1) is 20.4. The van der Waals surface area contributed by atoms with Gasteiger partial charge in [0.05, 0.1) is 13.2 Å². The van der Waals surface area contributed by atoms with Crippen LogP contribution in [-0.2, 0) is 29.6 Å². The zero-order chi connectivity index (χ0) is 33.2. The van der Waals surface area contributed by atoms with Crippen LogP contribution in [-0.4, -0.2) is 48.2 Å². The van der Waals surface area contributed by atoms with Gasteiger partial charge >= 0.3 is 5.97 Å². The number of hydrogen-bond donors (Lipinski definition) is 0. The van der Waals surface area contributed by atoms with Gasteiger partial charge in [-0.3, -0.25) is 9.59 Å². The summed E-state index contributed by atoms with van der Waals surface area (Å²) in [6.45, 7) is 23.8. The molecular formula is C37H64O5Si2. The molecular weight excluding hydrogens is 581 g/mol. The maximum absolute atomic E-state index is 13.4. The molecule has 1 aromatic carbocycles. The monoisotopic (exact) mass is 644 g/mol. The lowest BCUT2D eigenvalue weighted by molar-refractivity contribution is -0.140. The molecule has 0 saturated heterocycles. The second-order valence-electron chi connectivity index (χ2n) is 15.9. The number of methoxy groups -OCH3 is 1. The third kappa shape index (κ3) is 11.7. The number of ketones is 1. The number of carbonyl (C=O) groups is 2. The molecule has 0 spiro atoms. The van der Waals surface area contributed by atoms with Crippen molar-refractivity contribution in [1.82, 2.24) is 0 Å². The molecule has 1 fully saturated rings. The quantitative estimate of drug-likeness (QED) is 0.0731. The van der Waals surface area contributed by atoms with Gasteiger partial charge in [0.25, 0.3) is 0 Å². The number of carbonyl (C=O) groups excluding carboxylic acids is 2. The molecule has 0 heterocycles. The molecule has 5 nitrogen and oxygen atoms in total. The molecule has 0 radical (unpaired) electrons. The van der Waals surface area contributed by atoms with Crippen LogP contribution in [0.3, 0.4) is 0 Å². The van der Waals surface area contributed by atoms with Crippen LogP contribution in [0.15, 0.2) is 36.4 Å². The third-order valence-electron chi connectivity index (χ3n) is 10.4. The number of allylic oxidation sites excluding steroid dienone is 2. The van der Waals surface area contributed by atoms with Crippen molar-refractivity contribution in [2.45, 2.75) is 154 Å². The molecule has 0 bridgehead atoms. The molecule has 3 atom stereocenters. The van der Waals surface area contributed by atoms with Crippen LogP contribution in [0, 0.1) is 5.92 Å². The lowest BCUT2D eigenvalue weighted by Crippen LogP contribution is -2.44. The summed E-state index contributed by atoms with van der Waals surface area (Å²) < 4.78 is 18.0. The van der Waals surface area contributed by atoms with E-state index in [0.29, 0.717) is 25.0 Å². The van der Waals surface area contributed by atoms with Gasteiger partial charge in [0.2, 0.25) is 0 Å². The molecule has 44 heavy (non-hydrogen) atoms. The lowest BCUT2D eigenvalue weighted by Gasteiger charge is -2.40. The van der Waals surface area contributed by atoms with E-state index in [1.165, 1.54) is 37.5 Å². The molecule has 0 amide bonds. The minimum absolute atomic E-state index is 0.0614. The summed E-state index contributed by atoms with van der Waals surface area (Å²) in [7, 11) is -2.27. The minimum atomic E-state index is -2.05. The normalized spacial score (nSPS) is 20.1. The highest BCUT2D eigenvalue weighted by molar-refractivity contribution is 6.74. The Morgan fingerprint density at radius 3 is 2.07 bits per heavy atom. The molecule has 0 aromatic heterocycles. The van der Waals surface area contributed by atoms with Crippen LogP contribution >= 0.6 is 0 Å². The van der Waals surface area contributed by atoms with Gasteiger partial charge < -0.3 is 13.6 Å². The van der Waals surface area contributed by atoms with Crippen molar-refractivity contribution < 1.29 is 23.2 Å². The van der Waals surface area contributed by atoms with Gasteiger partial charge in [-0.15, -0.1) is 0 Å². The molecule has 250 valence electrons. The van der Waals surface area contributed by atoms with E-state index in [2.05, 4.69) is 104 Å². The van der Waals surface area contributed by atoms with Crippen molar-refractivity contribution >= 4 is 28.4 Å². The molecule has 0 unspecified atom stereocenters. The number of hydrogen-bond acceptors (Lipinski definition) is 5. The van der Waals surface area contributed by atoms with Crippen molar-refractivity contribution in [2.75, 3.05) is 13.7 Å². The maximum Gasteiger partial charge on any atom is 0.305 e. The highest BCUT2D eigenvalue weighted by Crippen LogP contribution is 2.46. The Balaban J connectivity index is 2.01. The summed E-state index contributed by atoms with van der Waals surface area (Å²) in [5.41, 5.74) is 2.58. The average molecular weight is 645 g/mol. The molecule has 1 aromatic rings. The van der Waals surface area contributed by atoms with Crippen LogP contribution in [0.5, 0.6) is 0 Å². The molecule has 2 rings (SSSR count). The first kappa shape index (κ1) is 38.6. The Hall–Kier alpha value is -1.55. The van der Waals surface area contributed by atoms with Crippen LogP contribution in [0.2, 0.25) is 36.3 Å². The summed E-state index contributed by atoms with van der Waals surface area (Å²) in [5.74, 6) is 0.108. The van der Waals surface area contributed by atoms with Crippen molar-refractivity contribution in [3.05, 3.63) is 47.5 Å². The number of aryl methyl sites for hydroxylation is 1. The third-order valence-corrected chi connectivity index (χ3v) is 19.5. The van der Waals surface area contributed by atoms with Crippen molar-refractivity contribution in [2.24, 2.45) is 5.92 Å². The van der Waals surface area contributed by atoms with Crippen molar-refractivity contribution in [3.8, 4) is 0 Å². The van der Waals surface area contributed by atoms with E-state index in [1.807, 2.05) is 0 Å². The zero-order valence-electron chi connectivity index (χ0n) is 30.0. The van der Waals surface area contributed by atoms with Gasteiger partial charge in [0.15, 0.2) is 16.6 Å². The second-order valence-corrected chi connectivity index (χ2v) is 25.5. The number of unbranched alkanes of at least 4 members (excludes halogenated alkanes) is 4. The van der Waals surface area contributed by atoms with Crippen molar-refractivity contribution in [1.29, 1.82) is 0 Å². The number of esters is 1.